The number of hydrogen-bond acceptors (Lipinski definition) is 9. The Morgan fingerprint density at radius 3 is 2.66 bits per heavy atom. The normalized spacial score (nSPS) is 16.6. The fourth-order valence-corrected chi connectivity index (χ4v) is 4.37. The molecule has 2 aliphatic rings. The summed E-state index contributed by atoms with van der Waals surface area (Å²) < 4.78 is 27.3. The van der Waals surface area contributed by atoms with Crippen molar-refractivity contribution in [2.45, 2.75) is 26.2 Å². The van der Waals surface area contributed by atoms with Crippen LogP contribution >= 0.6 is 0 Å². The van der Waals surface area contributed by atoms with Gasteiger partial charge in [-0.15, -0.1) is 0 Å². The minimum Gasteiger partial charge on any atom is -0.506 e. The second kappa shape index (κ2) is 7.01. The zero-order chi connectivity index (χ0) is 22.7. The van der Waals surface area contributed by atoms with Gasteiger partial charge in [-0.1, -0.05) is 0 Å². The first-order valence-electron chi connectivity index (χ1n) is 9.82. The quantitative estimate of drug-likeness (QED) is 0.284. The Hall–Kier alpha value is -4.01. The molecule has 9 heteroatoms. The van der Waals surface area contributed by atoms with E-state index in [1.165, 1.54) is 20.1 Å². The molecule has 1 N–H and O–H groups in total. The van der Waals surface area contributed by atoms with Crippen LogP contribution in [0.3, 0.4) is 0 Å². The number of ketones is 1. The average Bonchev–Trinajstić information content (AvgIpc) is 3.20. The predicted octanol–water partition coefficient (Wildman–Crippen LogP) is 3.19. The third kappa shape index (κ3) is 2.81. The summed E-state index contributed by atoms with van der Waals surface area (Å²) in [6.07, 6.45) is -0.0926. The molecule has 0 fully saturated rings. The number of phenols is 1. The number of ether oxygens (including phenoxy) is 4. The summed E-state index contributed by atoms with van der Waals surface area (Å²) in [7, 11) is 1.48. The number of carbonyl (C=O) groups is 2. The van der Waals surface area contributed by atoms with Gasteiger partial charge in [0.25, 0.3) is 0 Å². The average molecular weight is 438 g/mol. The van der Waals surface area contributed by atoms with Crippen LogP contribution in [0.5, 0.6) is 28.7 Å². The Labute approximate surface area is 181 Å². The highest BCUT2D eigenvalue weighted by Crippen LogP contribution is 2.52. The predicted molar refractivity (Wildman–Crippen MR) is 110 cm³/mol. The van der Waals surface area contributed by atoms with Crippen molar-refractivity contribution in [3.05, 3.63) is 50.9 Å². The number of aryl methyl sites for hydroxylation is 1. The second-order valence-electron chi connectivity index (χ2n) is 7.66. The lowest BCUT2D eigenvalue weighted by molar-refractivity contribution is -0.135. The molecule has 0 saturated carbocycles. The van der Waals surface area contributed by atoms with Crippen molar-refractivity contribution < 1.29 is 38.1 Å². The number of fused-ring (bicyclic) bond motifs is 4. The fraction of sp³-hybridized carbons (Fsp3) is 0.261. The van der Waals surface area contributed by atoms with E-state index < -0.39 is 29.0 Å². The van der Waals surface area contributed by atoms with Crippen molar-refractivity contribution in [1.82, 2.24) is 0 Å². The molecule has 2 aromatic carbocycles. The molecule has 2 aliphatic heterocycles. The third-order valence-electron chi connectivity index (χ3n) is 5.72. The number of benzene rings is 2. The van der Waals surface area contributed by atoms with Gasteiger partial charge in [0.2, 0.25) is 12.5 Å². The molecule has 0 saturated heterocycles. The Kier molecular flexibility index (Phi) is 4.37. The molecule has 9 nitrogen and oxygen atoms in total. The molecular formula is C23H18O9. The highest BCUT2D eigenvalue weighted by Gasteiger charge is 2.38. The Morgan fingerprint density at radius 1 is 1.16 bits per heavy atom. The molecule has 0 radical (unpaired) electrons. The maximum atomic E-state index is 12.6. The molecule has 0 aliphatic carbocycles. The first kappa shape index (κ1) is 19.9. The summed E-state index contributed by atoms with van der Waals surface area (Å²) in [6.45, 7) is 2.91. The fourth-order valence-electron chi connectivity index (χ4n) is 4.37. The SMILES string of the molecule is COc1cc([C@@H]2CC(=O)Oc3c(C(C)=O)c(O)c4c(C)cc(=O)oc4c32)cc2c1OCO2. The summed E-state index contributed by atoms with van der Waals surface area (Å²) in [5.41, 5.74) is 0.639. The summed E-state index contributed by atoms with van der Waals surface area (Å²) in [6, 6.07) is 4.63. The third-order valence-corrected chi connectivity index (χ3v) is 5.72. The van der Waals surface area contributed by atoms with E-state index in [9.17, 15) is 19.5 Å². The maximum absolute atomic E-state index is 12.6. The van der Waals surface area contributed by atoms with Crippen molar-refractivity contribution in [3.63, 3.8) is 0 Å². The van der Waals surface area contributed by atoms with Crippen molar-refractivity contribution in [1.29, 1.82) is 0 Å². The van der Waals surface area contributed by atoms with Gasteiger partial charge in [0.15, 0.2) is 23.0 Å². The number of Topliss-reactive ketones (excluding diaryl/α,β-unsaturated/α-hetero) is 1. The number of esters is 1. The zero-order valence-electron chi connectivity index (χ0n) is 17.4. The lowest BCUT2D eigenvalue weighted by Gasteiger charge is -2.28. The van der Waals surface area contributed by atoms with Crippen molar-refractivity contribution in [3.8, 4) is 28.7 Å². The highest BCUT2D eigenvalue weighted by atomic mass is 16.7. The largest absolute Gasteiger partial charge is 0.506 e. The molecule has 32 heavy (non-hydrogen) atoms. The van der Waals surface area contributed by atoms with Crippen LogP contribution in [0.1, 0.15) is 46.3 Å². The van der Waals surface area contributed by atoms with Gasteiger partial charge in [0.05, 0.1) is 18.9 Å². The smallest absolute Gasteiger partial charge is 0.336 e. The minimum atomic E-state index is -0.666. The lowest BCUT2D eigenvalue weighted by atomic mass is 9.82. The van der Waals surface area contributed by atoms with E-state index in [4.69, 9.17) is 23.4 Å². The Balaban J connectivity index is 1.89. The molecule has 0 amide bonds. The van der Waals surface area contributed by atoms with E-state index in [0.717, 1.165) is 0 Å². The van der Waals surface area contributed by atoms with Crippen LogP contribution in [-0.2, 0) is 4.79 Å². The van der Waals surface area contributed by atoms with Gasteiger partial charge in [-0.05, 0) is 37.1 Å². The molecule has 0 bridgehead atoms. The number of hydrogen-bond donors (Lipinski definition) is 1. The van der Waals surface area contributed by atoms with Crippen LogP contribution in [0.4, 0.5) is 0 Å². The van der Waals surface area contributed by atoms with Crippen LogP contribution in [0, 0.1) is 6.92 Å². The van der Waals surface area contributed by atoms with E-state index in [1.807, 2.05) is 0 Å². The van der Waals surface area contributed by atoms with Gasteiger partial charge in [-0.3, -0.25) is 9.59 Å². The summed E-state index contributed by atoms with van der Waals surface area (Å²) in [5, 5.41) is 11.1. The Morgan fingerprint density at radius 2 is 1.94 bits per heavy atom. The van der Waals surface area contributed by atoms with Crippen molar-refractivity contribution in [2.24, 2.45) is 0 Å². The standard InChI is InChI=1S/C23H18O9/c1-9-4-15(25)31-22-17(9)20(27)18(10(2)24)23-19(22)12(7-16(26)32-23)11-5-13(28-3)21-14(6-11)29-8-30-21/h4-6,12,27H,7-8H2,1-3H3/t12-/m0/s1. The molecule has 1 atom stereocenters. The monoisotopic (exact) mass is 438 g/mol. The molecule has 3 aromatic rings. The van der Waals surface area contributed by atoms with E-state index in [2.05, 4.69) is 0 Å². The van der Waals surface area contributed by atoms with Crippen LogP contribution in [0.2, 0.25) is 0 Å². The van der Waals surface area contributed by atoms with E-state index in [0.29, 0.717) is 33.9 Å². The molecule has 0 unspecified atom stereocenters. The first-order valence-corrected chi connectivity index (χ1v) is 9.82. The molecule has 1 aromatic heterocycles. The number of aromatic hydroxyl groups is 1. The second-order valence-corrected chi connectivity index (χ2v) is 7.66. The van der Waals surface area contributed by atoms with Gasteiger partial charge in [-0.2, -0.15) is 0 Å². The van der Waals surface area contributed by atoms with Crippen LogP contribution in [0.15, 0.2) is 27.4 Å². The van der Waals surface area contributed by atoms with Crippen LogP contribution in [-0.4, -0.2) is 30.8 Å². The molecule has 5 rings (SSSR count). The number of methoxy groups -OCH3 is 1. The zero-order valence-corrected chi connectivity index (χ0v) is 17.4. The summed E-state index contributed by atoms with van der Waals surface area (Å²) in [4.78, 5) is 37.2. The van der Waals surface area contributed by atoms with Crippen LogP contribution < -0.4 is 24.6 Å². The number of carbonyl (C=O) groups excluding carboxylic acids is 2. The van der Waals surface area contributed by atoms with Gasteiger partial charge < -0.3 is 28.5 Å². The lowest BCUT2D eigenvalue weighted by Crippen LogP contribution is -2.23. The summed E-state index contributed by atoms with van der Waals surface area (Å²) >= 11 is 0. The summed E-state index contributed by atoms with van der Waals surface area (Å²) in [5.74, 6) is -0.995. The van der Waals surface area contributed by atoms with Crippen molar-refractivity contribution in [2.75, 3.05) is 13.9 Å². The molecular weight excluding hydrogens is 420 g/mol. The van der Waals surface area contributed by atoms with E-state index in [1.54, 1.807) is 19.1 Å². The topological polar surface area (TPSA) is 122 Å². The number of phenolic OH excluding ortho intramolecular Hbond substituents is 1. The van der Waals surface area contributed by atoms with Gasteiger partial charge in [0, 0.05) is 17.5 Å². The van der Waals surface area contributed by atoms with Crippen LogP contribution in [0.25, 0.3) is 11.0 Å². The Bertz CT molecular complexity index is 1380. The highest BCUT2D eigenvalue weighted by molar-refractivity contribution is 6.09. The minimum absolute atomic E-state index is 0.0256. The molecule has 0 spiro atoms. The van der Waals surface area contributed by atoms with E-state index in [-0.39, 0.29) is 35.5 Å². The molecule has 164 valence electrons. The molecule has 3 heterocycles. The number of rotatable bonds is 3. The van der Waals surface area contributed by atoms with Gasteiger partial charge in [0.1, 0.15) is 16.9 Å². The van der Waals surface area contributed by atoms with E-state index >= 15 is 0 Å². The van der Waals surface area contributed by atoms with Gasteiger partial charge in [-0.25, -0.2) is 4.79 Å². The van der Waals surface area contributed by atoms with Crippen molar-refractivity contribution >= 4 is 22.7 Å². The first-order chi connectivity index (χ1) is 15.3. The maximum Gasteiger partial charge on any atom is 0.336 e. The van der Waals surface area contributed by atoms with Gasteiger partial charge >= 0.3 is 11.6 Å².